The number of alkyl halides is 10. The highest BCUT2D eigenvalue weighted by atomic mass is 35.5. The van der Waals surface area contributed by atoms with E-state index in [2.05, 4.69) is 46.4 Å². The van der Waals surface area contributed by atoms with Crippen LogP contribution >= 0.6 is 46.4 Å². The Morgan fingerprint density at radius 3 is 1.00 bits per heavy atom. The Bertz CT molecular complexity index is 191. The zero-order chi connectivity index (χ0) is 12.0. The Labute approximate surface area is 94.0 Å². The summed E-state index contributed by atoms with van der Waals surface area (Å²) in [6.07, 6.45) is 0. The van der Waals surface area contributed by atoms with Crippen LogP contribution in [0.15, 0.2) is 0 Å². The minimum absolute atomic E-state index is 3.91. The molecule has 0 rings (SSSR count). The number of hydrogen-bond donors (Lipinski definition) is 0. The molecule has 0 amide bonds. The summed E-state index contributed by atoms with van der Waals surface area (Å²) in [5, 5.41) is -10.5. The minimum atomic E-state index is -5.60. The lowest BCUT2D eigenvalue weighted by Crippen LogP contribution is -2.57. The van der Waals surface area contributed by atoms with E-state index in [1.807, 2.05) is 0 Å². The molecule has 0 N–H and O–H groups in total. The van der Waals surface area contributed by atoms with Crippen molar-refractivity contribution in [3.8, 4) is 0 Å². The zero-order valence-electron chi connectivity index (χ0n) is 5.78. The monoisotopic (exact) mass is 302 g/mol. The molecule has 0 saturated heterocycles. The standard InChI is InChI=1S/C4Cl4F6/c5-1(9,4(8,13)14)2(10,11)3(6,7)12/t1-/m0/s1. The Kier molecular flexibility index (Phi) is 3.84. The van der Waals surface area contributed by atoms with Gasteiger partial charge in [0.15, 0.2) is 0 Å². The lowest BCUT2D eigenvalue weighted by molar-refractivity contribution is -0.195. The van der Waals surface area contributed by atoms with Crippen LogP contribution in [0.4, 0.5) is 26.3 Å². The van der Waals surface area contributed by atoms with Gasteiger partial charge >= 0.3 is 21.0 Å². The molecule has 0 aliphatic rings. The highest BCUT2D eigenvalue weighted by molar-refractivity contribution is 6.48. The van der Waals surface area contributed by atoms with Crippen molar-refractivity contribution >= 4 is 46.4 Å². The van der Waals surface area contributed by atoms with Crippen molar-refractivity contribution in [3.63, 3.8) is 0 Å². The minimum Gasteiger partial charge on any atom is -0.211 e. The van der Waals surface area contributed by atoms with Crippen LogP contribution in [-0.4, -0.2) is 21.0 Å². The van der Waals surface area contributed by atoms with Gasteiger partial charge in [-0.2, -0.15) is 17.6 Å². The molecule has 0 nitrogen and oxygen atoms in total. The van der Waals surface area contributed by atoms with E-state index in [4.69, 9.17) is 0 Å². The largest absolute Gasteiger partial charge is 0.375 e. The van der Waals surface area contributed by atoms with Crippen molar-refractivity contribution in [1.29, 1.82) is 0 Å². The van der Waals surface area contributed by atoms with E-state index in [0.29, 0.717) is 0 Å². The Morgan fingerprint density at radius 1 is 0.643 bits per heavy atom. The fourth-order valence-electron chi connectivity index (χ4n) is 0.356. The summed E-state index contributed by atoms with van der Waals surface area (Å²) in [6.45, 7) is 0. The van der Waals surface area contributed by atoms with E-state index in [1.165, 1.54) is 0 Å². The maximum absolute atomic E-state index is 12.6. The first-order chi connectivity index (χ1) is 5.75. The van der Waals surface area contributed by atoms with E-state index >= 15 is 0 Å². The van der Waals surface area contributed by atoms with Gasteiger partial charge in [-0.25, -0.2) is 8.78 Å². The van der Waals surface area contributed by atoms with Crippen molar-refractivity contribution < 1.29 is 26.3 Å². The van der Waals surface area contributed by atoms with Crippen LogP contribution in [0.1, 0.15) is 0 Å². The number of hydrogen-bond acceptors (Lipinski definition) is 0. The van der Waals surface area contributed by atoms with Gasteiger partial charge in [0, 0.05) is 0 Å². The molecule has 10 heteroatoms. The highest BCUT2D eigenvalue weighted by Crippen LogP contribution is 2.57. The summed E-state index contributed by atoms with van der Waals surface area (Å²) in [4.78, 5) is 0. The van der Waals surface area contributed by atoms with Gasteiger partial charge in [-0.3, -0.25) is 0 Å². The molecule has 0 unspecified atom stereocenters. The third kappa shape index (κ3) is 2.28. The lowest BCUT2D eigenvalue weighted by atomic mass is 10.2. The van der Waals surface area contributed by atoms with E-state index in [0.717, 1.165) is 0 Å². The van der Waals surface area contributed by atoms with Crippen LogP contribution in [0.2, 0.25) is 0 Å². The Hall–Kier alpha value is 0.740. The van der Waals surface area contributed by atoms with Gasteiger partial charge in [0.05, 0.1) is 0 Å². The smallest absolute Gasteiger partial charge is 0.211 e. The van der Waals surface area contributed by atoms with Crippen molar-refractivity contribution in [1.82, 2.24) is 0 Å². The predicted molar refractivity (Wildman–Crippen MR) is 41.0 cm³/mol. The van der Waals surface area contributed by atoms with Gasteiger partial charge in [0.25, 0.3) is 0 Å². The summed E-state index contributed by atoms with van der Waals surface area (Å²) in [5.74, 6) is -5.60. The summed E-state index contributed by atoms with van der Waals surface area (Å²) in [6, 6.07) is 0. The summed E-state index contributed by atoms with van der Waals surface area (Å²) in [7, 11) is 0. The van der Waals surface area contributed by atoms with Crippen LogP contribution in [0, 0.1) is 0 Å². The lowest BCUT2D eigenvalue weighted by Gasteiger charge is -2.33. The van der Waals surface area contributed by atoms with Crippen LogP contribution in [0.5, 0.6) is 0 Å². The molecule has 0 saturated carbocycles. The number of rotatable bonds is 3. The maximum atomic E-state index is 12.6. The molecule has 0 radical (unpaired) electrons. The van der Waals surface area contributed by atoms with Crippen LogP contribution < -0.4 is 0 Å². The van der Waals surface area contributed by atoms with Gasteiger partial charge in [-0.1, -0.05) is 34.8 Å². The highest BCUT2D eigenvalue weighted by Gasteiger charge is 2.77. The second kappa shape index (κ2) is 3.64. The van der Waals surface area contributed by atoms with Gasteiger partial charge in [-0.05, 0) is 11.6 Å². The fraction of sp³-hybridized carbons (Fsp3) is 1.00. The second-order valence-corrected chi connectivity index (χ2v) is 4.37. The van der Waals surface area contributed by atoms with Crippen molar-refractivity contribution in [2.75, 3.05) is 0 Å². The van der Waals surface area contributed by atoms with Crippen molar-refractivity contribution in [2.24, 2.45) is 0 Å². The topological polar surface area (TPSA) is 0 Å². The molecule has 0 heterocycles. The average molecular weight is 304 g/mol. The number of halogens is 10. The fourth-order valence-corrected chi connectivity index (χ4v) is 0.962. The van der Waals surface area contributed by atoms with Crippen molar-refractivity contribution in [2.45, 2.75) is 21.0 Å². The van der Waals surface area contributed by atoms with Gasteiger partial charge in [-0.15, -0.1) is 0 Å². The summed E-state index contributed by atoms with van der Waals surface area (Å²) >= 11 is 16.3. The Morgan fingerprint density at radius 2 is 0.929 bits per heavy atom. The van der Waals surface area contributed by atoms with Gasteiger partial charge in [0.2, 0.25) is 0 Å². The van der Waals surface area contributed by atoms with E-state index in [1.54, 1.807) is 0 Å². The average Bonchev–Trinajstić information content (AvgIpc) is 1.81. The molecule has 0 aromatic carbocycles. The molecule has 0 spiro atoms. The summed E-state index contributed by atoms with van der Waals surface area (Å²) in [5.41, 5.74) is 0. The SMILES string of the molecule is FC(Cl)(Cl)C(F)(F)[C@@](F)(Cl)C(F)(F)Cl. The molecule has 0 aromatic heterocycles. The first-order valence-electron chi connectivity index (χ1n) is 2.64. The van der Waals surface area contributed by atoms with E-state index in [-0.39, 0.29) is 0 Å². The third-order valence-electron chi connectivity index (χ3n) is 1.11. The molecule has 1 atom stereocenters. The molecular weight excluding hydrogens is 304 g/mol. The molecule has 0 aromatic rings. The van der Waals surface area contributed by atoms with Crippen molar-refractivity contribution in [3.05, 3.63) is 0 Å². The first-order valence-corrected chi connectivity index (χ1v) is 4.15. The first kappa shape index (κ1) is 14.7. The normalized spacial score (nSPS) is 19.3. The molecule has 0 bridgehead atoms. The molecule has 14 heavy (non-hydrogen) atoms. The Balaban J connectivity index is 5.30. The molecule has 0 aliphatic carbocycles. The van der Waals surface area contributed by atoms with Crippen LogP contribution in [-0.2, 0) is 0 Å². The van der Waals surface area contributed by atoms with E-state index < -0.39 is 21.0 Å². The van der Waals surface area contributed by atoms with Gasteiger partial charge in [0.1, 0.15) is 0 Å². The zero-order valence-corrected chi connectivity index (χ0v) is 8.80. The quantitative estimate of drug-likeness (QED) is 0.533. The van der Waals surface area contributed by atoms with Gasteiger partial charge < -0.3 is 0 Å². The molecular formula is C4Cl4F6. The van der Waals surface area contributed by atoms with E-state index in [9.17, 15) is 26.3 Å². The molecule has 0 fully saturated rings. The molecule has 0 aliphatic heterocycles. The van der Waals surface area contributed by atoms with Crippen LogP contribution in [0.25, 0.3) is 0 Å². The predicted octanol–water partition coefficient (Wildman–Crippen LogP) is 4.46. The van der Waals surface area contributed by atoms with Crippen LogP contribution in [0.3, 0.4) is 0 Å². The third-order valence-corrected chi connectivity index (χ3v) is 2.41. The summed E-state index contributed by atoms with van der Waals surface area (Å²) < 4.78 is 69.3. The second-order valence-electron chi connectivity index (χ2n) is 2.14. The maximum Gasteiger partial charge on any atom is 0.375 e. The molecule has 86 valence electrons.